The van der Waals surface area contributed by atoms with E-state index >= 15 is 0 Å². The topological polar surface area (TPSA) is 86.8 Å². The van der Waals surface area contributed by atoms with Crippen molar-refractivity contribution in [1.29, 1.82) is 0 Å². The van der Waals surface area contributed by atoms with Gasteiger partial charge in [-0.1, -0.05) is 85.6 Å². The normalized spacial score (nSPS) is 23.4. The Kier molecular flexibility index (Phi) is 10.3. The van der Waals surface area contributed by atoms with E-state index in [1.54, 1.807) is 4.90 Å². The Morgan fingerprint density at radius 1 is 0.854 bits per heavy atom. The van der Waals surface area contributed by atoms with Crippen molar-refractivity contribution in [2.24, 2.45) is 17.8 Å². The molecule has 1 atom stereocenters. The molecule has 48 heavy (non-hydrogen) atoms. The molecule has 4 aliphatic rings. The third kappa shape index (κ3) is 7.80. The van der Waals surface area contributed by atoms with Gasteiger partial charge in [0.15, 0.2) is 0 Å². The van der Waals surface area contributed by atoms with E-state index < -0.39 is 28.5 Å². The minimum atomic E-state index is -3.82. The summed E-state index contributed by atoms with van der Waals surface area (Å²) in [6.07, 6.45) is 11.0. The molecular weight excluding hydrogens is 619 g/mol. The van der Waals surface area contributed by atoms with Gasteiger partial charge in [-0.15, -0.1) is 0 Å². The Morgan fingerprint density at radius 2 is 1.46 bits per heavy atom. The molecule has 4 bridgehead atoms. The van der Waals surface area contributed by atoms with Gasteiger partial charge in [-0.3, -0.25) is 13.9 Å². The van der Waals surface area contributed by atoms with Crippen molar-refractivity contribution in [2.75, 3.05) is 23.7 Å². The zero-order chi connectivity index (χ0) is 33.9. The predicted octanol–water partition coefficient (Wildman–Crippen LogP) is 6.79. The van der Waals surface area contributed by atoms with E-state index in [0.29, 0.717) is 18.7 Å². The zero-order valence-electron chi connectivity index (χ0n) is 28.7. The van der Waals surface area contributed by atoms with Crippen LogP contribution in [0.25, 0.3) is 0 Å². The smallest absolute Gasteiger partial charge is 0.244 e. The van der Waals surface area contributed by atoms with Crippen molar-refractivity contribution in [2.45, 2.75) is 89.6 Å². The van der Waals surface area contributed by atoms with Gasteiger partial charge in [0.05, 0.1) is 11.9 Å². The molecular formula is C40H51N3O4S. The molecule has 1 N–H and O–H groups in total. The van der Waals surface area contributed by atoms with Gasteiger partial charge in [0.25, 0.3) is 0 Å². The van der Waals surface area contributed by atoms with Gasteiger partial charge in [-0.2, -0.15) is 0 Å². The minimum absolute atomic E-state index is 0.181. The van der Waals surface area contributed by atoms with Gasteiger partial charge in [0.2, 0.25) is 21.8 Å². The van der Waals surface area contributed by atoms with Crippen LogP contribution in [-0.4, -0.2) is 50.5 Å². The molecule has 0 unspecified atom stereocenters. The maximum atomic E-state index is 14.4. The highest BCUT2D eigenvalue weighted by Crippen LogP contribution is 2.60. The van der Waals surface area contributed by atoms with Gasteiger partial charge in [0.1, 0.15) is 12.6 Å². The maximum absolute atomic E-state index is 14.4. The summed E-state index contributed by atoms with van der Waals surface area (Å²) in [4.78, 5) is 29.8. The molecule has 4 saturated carbocycles. The number of unbranched alkanes of at least 4 members (excludes halogenated alkanes) is 1. The molecule has 7 nitrogen and oxygen atoms in total. The fourth-order valence-electron chi connectivity index (χ4n) is 9.01. The van der Waals surface area contributed by atoms with Gasteiger partial charge in [0, 0.05) is 19.5 Å². The van der Waals surface area contributed by atoms with Crippen LogP contribution >= 0.6 is 0 Å². The molecule has 0 spiro atoms. The largest absolute Gasteiger partial charge is 0.354 e. The van der Waals surface area contributed by atoms with Gasteiger partial charge < -0.3 is 10.2 Å². The summed E-state index contributed by atoms with van der Waals surface area (Å²) in [5, 5.41) is 3.05. The molecule has 0 saturated heterocycles. The fourth-order valence-corrected chi connectivity index (χ4v) is 9.86. The molecule has 3 aromatic rings. The Morgan fingerprint density at radius 3 is 2.02 bits per heavy atom. The predicted molar refractivity (Wildman–Crippen MR) is 192 cm³/mol. The summed E-state index contributed by atoms with van der Waals surface area (Å²) in [5.41, 5.74) is 4.86. The van der Waals surface area contributed by atoms with Crippen LogP contribution in [0.4, 0.5) is 5.69 Å². The van der Waals surface area contributed by atoms with Crippen LogP contribution in [0.2, 0.25) is 0 Å². The first kappa shape index (κ1) is 34.2. The number of carbonyl (C=O) groups is 2. The van der Waals surface area contributed by atoms with E-state index in [0.717, 1.165) is 53.5 Å². The number of aryl methyl sites for hydroxylation is 1. The monoisotopic (exact) mass is 669 g/mol. The lowest BCUT2D eigenvalue weighted by Gasteiger charge is -2.57. The second kappa shape index (κ2) is 14.5. The number of amides is 2. The van der Waals surface area contributed by atoms with Gasteiger partial charge in [-0.05, 0) is 104 Å². The average molecular weight is 670 g/mol. The number of nitrogens with zero attached hydrogens (tertiary/aromatic N) is 2. The number of sulfonamides is 1. The number of anilines is 1. The molecule has 7 rings (SSSR count). The molecule has 0 heterocycles. The molecule has 0 aromatic heterocycles. The molecule has 256 valence electrons. The lowest BCUT2D eigenvalue weighted by molar-refractivity contribution is -0.140. The number of rotatable bonds is 14. The fraction of sp³-hybridized carbons (Fsp3) is 0.500. The van der Waals surface area contributed by atoms with E-state index in [4.69, 9.17) is 0 Å². The molecule has 8 heteroatoms. The van der Waals surface area contributed by atoms with E-state index in [1.807, 2.05) is 73.7 Å². The van der Waals surface area contributed by atoms with Crippen LogP contribution in [-0.2, 0) is 38.0 Å². The number of benzene rings is 3. The van der Waals surface area contributed by atoms with E-state index in [-0.39, 0.29) is 17.9 Å². The Bertz CT molecular complexity index is 1640. The second-order valence-electron chi connectivity index (χ2n) is 14.9. The van der Waals surface area contributed by atoms with Crippen molar-refractivity contribution in [3.8, 4) is 0 Å². The lowest BCUT2D eigenvalue weighted by Crippen LogP contribution is -2.53. The standard InChI is InChI=1S/C40H51N3O4S/c1-4-5-19-41-39(45)37(23-30-9-7-6-8-10-30)42(27-31-13-11-29(2)12-14-31)38(44)28-43(48(3,46)47)36-17-15-35(16-18-36)40-24-32-20-33(25-40)22-34(21-32)26-40/h6-18,32-34,37H,4-5,19-28H2,1-3H3,(H,41,45)/t32?,33?,34?,37-,40?/m1/s1. The lowest BCUT2D eigenvalue weighted by atomic mass is 9.48. The van der Waals surface area contributed by atoms with Crippen LogP contribution in [0.15, 0.2) is 78.9 Å². The number of carbonyl (C=O) groups excluding carboxylic acids is 2. The number of nitrogens with one attached hydrogen (secondary N) is 1. The van der Waals surface area contributed by atoms with E-state index in [9.17, 15) is 18.0 Å². The minimum Gasteiger partial charge on any atom is -0.354 e. The third-order valence-electron chi connectivity index (χ3n) is 11.1. The van der Waals surface area contributed by atoms with Crippen LogP contribution in [0, 0.1) is 24.7 Å². The van der Waals surface area contributed by atoms with E-state index in [2.05, 4.69) is 24.4 Å². The highest BCUT2D eigenvalue weighted by Gasteiger charge is 2.51. The Labute approximate surface area is 287 Å². The van der Waals surface area contributed by atoms with E-state index in [1.165, 1.54) is 48.4 Å². The molecule has 4 aliphatic carbocycles. The van der Waals surface area contributed by atoms with Crippen molar-refractivity contribution in [3.63, 3.8) is 0 Å². The third-order valence-corrected chi connectivity index (χ3v) is 12.2. The SMILES string of the molecule is CCCCNC(=O)[C@@H](Cc1ccccc1)N(Cc1ccc(C)cc1)C(=O)CN(c1ccc(C23CC4CC(CC(C4)C2)C3)cc1)S(C)(=O)=O. The molecule has 0 radical (unpaired) electrons. The number of hydrogen-bond donors (Lipinski definition) is 1. The highest BCUT2D eigenvalue weighted by molar-refractivity contribution is 7.92. The summed E-state index contributed by atoms with van der Waals surface area (Å²) in [7, 11) is -3.82. The Hall–Kier alpha value is -3.65. The van der Waals surface area contributed by atoms with Crippen molar-refractivity contribution >= 4 is 27.5 Å². The second-order valence-corrected chi connectivity index (χ2v) is 16.8. The molecule has 3 aromatic carbocycles. The first-order valence-corrected chi connectivity index (χ1v) is 19.6. The average Bonchev–Trinajstić information content (AvgIpc) is 3.05. The Balaban J connectivity index is 1.29. The summed E-state index contributed by atoms with van der Waals surface area (Å²) < 4.78 is 27.9. The first-order valence-electron chi connectivity index (χ1n) is 17.8. The van der Waals surface area contributed by atoms with Gasteiger partial charge in [-0.25, -0.2) is 8.42 Å². The van der Waals surface area contributed by atoms with Gasteiger partial charge >= 0.3 is 0 Å². The summed E-state index contributed by atoms with van der Waals surface area (Å²) in [6.45, 7) is 4.37. The van der Waals surface area contributed by atoms with Crippen LogP contribution in [0.1, 0.15) is 80.5 Å². The quantitative estimate of drug-likeness (QED) is 0.192. The van der Waals surface area contributed by atoms with Crippen LogP contribution < -0.4 is 9.62 Å². The summed E-state index contributed by atoms with van der Waals surface area (Å²) in [6, 6.07) is 24.7. The molecule has 0 aliphatic heterocycles. The van der Waals surface area contributed by atoms with Crippen LogP contribution in [0.5, 0.6) is 0 Å². The van der Waals surface area contributed by atoms with Crippen molar-refractivity contribution in [3.05, 3.63) is 101 Å². The maximum Gasteiger partial charge on any atom is 0.244 e. The van der Waals surface area contributed by atoms with Crippen LogP contribution in [0.3, 0.4) is 0 Å². The summed E-state index contributed by atoms with van der Waals surface area (Å²) >= 11 is 0. The molecule has 4 fully saturated rings. The number of hydrogen-bond acceptors (Lipinski definition) is 4. The highest BCUT2D eigenvalue weighted by atomic mass is 32.2. The van der Waals surface area contributed by atoms with Crippen molar-refractivity contribution < 1.29 is 18.0 Å². The molecule has 2 amide bonds. The zero-order valence-corrected chi connectivity index (χ0v) is 29.6. The summed E-state index contributed by atoms with van der Waals surface area (Å²) in [5.74, 6) is 1.77. The van der Waals surface area contributed by atoms with Crippen molar-refractivity contribution in [1.82, 2.24) is 10.2 Å². The first-order chi connectivity index (χ1) is 23.0.